The Labute approximate surface area is 119 Å². The summed E-state index contributed by atoms with van der Waals surface area (Å²) in [5.74, 6) is 0. The van der Waals surface area contributed by atoms with E-state index in [4.69, 9.17) is 0 Å². The van der Waals surface area contributed by atoms with Crippen LogP contribution in [0.4, 0.5) is 0 Å². The van der Waals surface area contributed by atoms with Gasteiger partial charge in [0.2, 0.25) is 0 Å². The molecule has 0 bridgehead atoms. The zero-order valence-corrected chi connectivity index (χ0v) is 13.2. The van der Waals surface area contributed by atoms with E-state index in [1.54, 1.807) is 0 Å². The normalized spacial score (nSPS) is 27.1. The fraction of sp³-hybridized carbons (Fsp3) is 0.882. The van der Waals surface area contributed by atoms with Gasteiger partial charge in [0.05, 0.1) is 0 Å². The maximum Gasteiger partial charge on any atom is 0.0338 e. The average Bonchev–Trinajstić information content (AvgIpc) is 2.48. The summed E-state index contributed by atoms with van der Waals surface area (Å²) in [6.07, 6.45) is 14.1. The van der Waals surface area contributed by atoms with E-state index in [0.717, 1.165) is 6.54 Å². The highest BCUT2D eigenvalue weighted by molar-refractivity contribution is 5.07. The van der Waals surface area contributed by atoms with Crippen molar-refractivity contribution in [3.05, 3.63) is 12.2 Å². The highest BCUT2D eigenvalue weighted by atomic mass is 15.3. The lowest BCUT2D eigenvalue weighted by Gasteiger charge is -2.56. The molecule has 1 N–H and O–H groups in total. The van der Waals surface area contributed by atoms with E-state index >= 15 is 0 Å². The van der Waals surface area contributed by atoms with Crippen LogP contribution in [-0.2, 0) is 0 Å². The quantitative estimate of drug-likeness (QED) is 0.778. The summed E-state index contributed by atoms with van der Waals surface area (Å²) in [5.41, 5.74) is 0.801. The topological polar surface area (TPSA) is 15.3 Å². The van der Waals surface area contributed by atoms with Crippen LogP contribution in [0.25, 0.3) is 0 Å². The van der Waals surface area contributed by atoms with Crippen molar-refractivity contribution in [2.45, 2.75) is 76.8 Å². The molecule has 2 fully saturated rings. The Bertz CT molecular complexity index is 298. The molecule has 0 radical (unpaired) electrons. The predicted molar refractivity (Wildman–Crippen MR) is 83.5 cm³/mol. The zero-order valence-electron chi connectivity index (χ0n) is 13.2. The van der Waals surface area contributed by atoms with Crippen molar-refractivity contribution in [2.24, 2.45) is 0 Å². The average molecular weight is 264 g/mol. The lowest BCUT2D eigenvalue weighted by molar-refractivity contribution is -0.0136. The number of nitrogens with zero attached hydrogens (tertiary/aromatic N) is 1. The minimum Gasteiger partial charge on any atom is -0.308 e. The van der Waals surface area contributed by atoms with E-state index in [2.05, 4.69) is 43.1 Å². The summed E-state index contributed by atoms with van der Waals surface area (Å²) in [7, 11) is 0. The molecule has 0 aromatic heterocycles. The standard InChI is InChI=1S/C17H32N2/c1-4-7-13-19-15-16(5-2,6-3)18-14-17(19)11-9-8-10-12-17/h4,7,18H,5-6,8-15H2,1-3H3/b7-4+. The van der Waals surface area contributed by atoms with Crippen LogP contribution in [0.3, 0.4) is 0 Å². The number of nitrogens with one attached hydrogen (secondary N) is 1. The Morgan fingerprint density at radius 2 is 1.79 bits per heavy atom. The Balaban J connectivity index is 2.15. The van der Waals surface area contributed by atoms with E-state index in [1.807, 2.05) is 0 Å². The maximum atomic E-state index is 3.93. The van der Waals surface area contributed by atoms with Gasteiger partial charge in [-0.25, -0.2) is 0 Å². The molecule has 0 atom stereocenters. The first-order chi connectivity index (χ1) is 9.20. The SMILES string of the molecule is C/C=C/CN1CC(CC)(CC)NCC12CCCCC2. The summed E-state index contributed by atoms with van der Waals surface area (Å²) in [5, 5.41) is 3.93. The third-order valence-corrected chi connectivity index (χ3v) is 5.66. The molecular weight excluding hydrogens is 232 g/mol. The van der Waals surface area contributed by atoms with Crippen molar-refractivity contribution in [2.75, 3.05) is 19.6 Å². The third-order valence-electron chi connectivity index (χ3n) is 5.66. The molecule has 0 unspecified atom stereocenters. The van der Waals surface area contributed by atoms with Crippen LogP contribution in [-0.4, -0.2) is 35.6 Å². The molecule has 2 heteroatoms. The summed E-state index contributed by atoms with van der Waals surface area (Å²) >= 11 is 0. The van der Waals surface area contributed by atoms with Gasteiger partial charge >= 0.3 is 0 Å². The molecule has 2 rings (SSSR count). The molecule has 110 valence electrons. The van der Waals surface area contributed by atoms with Crippen molar-refractivity contribution < 1.29 is 0 Å². The molecule has 1 heterocycles. The first-order valence-corrected chi connectivity index (χ1v) is 8.31. The second-order valence-corrected chi connectivity index (χ2v) is 6.58. The second-order valence-electron chi connectivity index (χ2n) is 6.58. The fourth-order valence-corrected chi connectivity index (χ4v) is 3.97. The Kier molecular flexibility index (Phi) is 5.08. The molecule has 19 heavy (non-hydrogen) atoms. The van der Waals surface area contributed by atoms with Crippen molar-refractivity contribution in [1.82, 2.24) is 10.2 Å². The Hall–Kier alpha value is -0.340. The van der Waals surface area contributed by atoms with E-state index in [0.29, 0.717) is 11.1 Å². The van der Waals surface area contributed by atoms with Crippen molar-refractivity contribution >= 4 is 0 Å². The first-order valence-electron chi connectivity index (χ1n) is 8.31. The summed E-state index contributed by atoms with van der Waals surface area (Å²) < 4.78 is 0. The van der Waals surface area contributed by atoms with E-state index in [-0.39, 0.29) is 0 Å². The van der Waals surface area contributed by atoms with Crippen LogP contribution in [0.2, 0.25) is 0 Å². The van der Waals surface area contributed by atoms with Gasteiger partial charge in [-0.1, -0.05) is 45.3 Å². The first kappa shape index (κ1) is 15.1. The molecule has 0 aromatic carbocycles. The number of hydrogen-bond acceptors (Lipinski definition) is 2. The summed E-state index contributed by atoms with van der Waals surface area (Å²) in [6.45, 7) is 10.4. The number of rotatable bonds is 4. The molecule has 2 nitrogen and oxygen atoms in total. The van der Waals surface area contributed by atoms with Gasteiger partial charge in [0.1, 0.15) is 0 Å². The van der Waals surface area contributed by atoms with Crippen LogP contribution < -0.4 is 5.32 Å². The highest BCUT2D eigenvalue weighted by Gasteiger charge is 2.45. The second kappa shape index (κ2) is 6.41. The molecule has 1 saturated heterocycles. The molecule has 1 saturated carbocycles. The van der Waals surface area contributed by atoms with Gasteiger partial charge in [0, 0.05) is 30.7 Å². The van der Waals surface area contributed by atoms with Crippen LogP contribution >= 0.6 is 0 Å². The van der Waals surface area contributed by atoms with Crippen molar-refractivity contribution in [1.29, 1.82) is 0 Å². The number of allylic oxidation sites excluding steroid dienone is 1. The van der Waals surface area contributed by atoms with Gasteiger partial charge in [-0.05, 0) is 32.6 Å². The molecule has 0 amide bonds. The van der Waals surface area contributed by atoms with Gasteiger partial charge in [-0.3, -0.25) is 4.90 Å². The van der Waals surface area contributed by atoms with Gasteiger partial charge in [-0.15, -0.1) is 0 Å². The van der Waals surface area contributed by atoms with E-state index in [9.17, 15) is 0 Å². The lowest BCUT2D eigenvalue weighted by atomic mass is 9.75. The minimum atomic E-state index is 0.351. The maximum absolute atomic E-state index is 3.93. The monoisotopic (exact) mass is 264 g/mol. The van der Waals surface area contributed by atoms with Gasteiger partial charge in [0.15, 0.2) is 0 Å². The Morgan fingerprint density at radius 3 is 2.37 bits per heavy atom. The van der Waals surface area contributed by atoms with Gasteiger partial charge in [-0.2, -0.15) is 0 Å². The summed E-state index contributed by atoms with van der Waals surface area (Å²) in [4.78, 5) is 2.80. The van der Waals surface area contributed by atoms with E-state index in [1.165, 1.54) is 58.0 Å². The van der Waals surface area contributed by atoms with Crippen LogP contribution in [0.15, 0.2) is 12.2 Å². The third kappa shape index (κ3) is 3.05. The number of hydrogen-bond donors (Lipinski definition) is 1. The Morgan fingerprint density at radius 1 is 1.11 bits per heavy atom. The van der Waals surface area contributed by atoms with E-state index < -0.39 is 0 Å². The molecule has 0 aromatic rings. The number of piperazine rings is 1. The molecule has 1 spiro atoms. The van der Waals surface area contributed by atoms with Gasteiger partial charge < -0.3 is 5.32 Å². The lowest BCUT2D eigenvalue weighted by Crippen LogP contribution is -2.70. The van der Waals surface area contributed by atoms with Crippen LogP contribution in [0.5, 0.6) is 0 Å². The minimum absolute atomic E-state index is 0.351. The van der Waals surface area contributed by atoms with Gasteiger partial charge in [0.25, 0.3) is 0 Å². The molecule has 2 aliphatic rings. The van der Waals surface area contributed by atoms with Crippen molar-refractivity contribution in [3.63, 3.8) is 0 Å². The molecule has 1 aliphatic heterocycles. The molecule has 1 aliphatic carbocycles. The highest BCUT2D eigenvalue weighted by Crippen LogP contribution is 2.38. The smallest absolute Gasteiger partial charge is 0.0338 e. The zero-order chi connectivity index (χ0) is 13.8. The largest absolute Gasteiger partial charge is 0.308 e. The molecular formula is C17H32N2. The van der Waals surface area contributed by atoms with Crippen molar-refractivity contribution in [3.8, 4) is 0 Å². The predicted octanol–water partition coefficient (Wildman–Crippen LogP) is 3.73. The summed E-state index contributed by atoms with van der Waals surface area (Å²) in [6, 6.07) is 0. The van der Waals surface area contributed by atoms with Crippen LogP contribution in [0, 0.1) is 0 Å². The fourth-order valence-electron chi connectivity index (χ4n) is 3.97. The van der Waals surface area contributed by atoms with Crippen LogP contribution in [0.1, 0.15) is 65.7 Å².